The van der Waals surface area contributed by atoms with Gasteiger partial charge in [-0.3, -0.25) is 9.59 Å². The molecule has 6 nitrogen and oxygen atoms in total. The van der Waals surface area contributed by atoms with E-state index in [1.807, 2.05) is 20.8 Å². The third kappa shape index (κ3) is 5.44. The number of nitrogens with zero attached hydrogens (tertiary/aromatic N) is 1. The largest absolute Gasteiger partial charge is 0.461 e. The average molecular weight is 350 g/mol. The molecule has 0 atom stereocenters. The molecule has 0 saturated carbocycles. The van der Waals surface area contributed by atoms with Crippen LogP contribution in [0.4, 0.5) is 0 Å². The molecule has 140 valence electrons. The SMILES string of the molecule is CCCN(CC(=O)c1c(C)[nH]c(C(=O)OCC)c1C)C(=O)CC(C)C. The number of Topliss-reactive ketones (excluding diaryl/α,β-unsaturated/α-hetero) is 1. The van der Waals surface area contributed by atoms with Gasteiger partial charge in [0.15, 0.2) is 5.78 Å². The van der Waals surface area contributed by atoms with Crippen LogP contribution in [0, 0.1) is 19.8 Å². The van der Waals surface area contributed by atoms with Crippen LogP contribution >= 0.6 is 0 Å². The van der Waals surface area contributed by atoms with Gasteiger partial charge in [-0.15, -0.1) is 0 Å². The first-order chi connectivity index (χ1) is 11.7. The fourth-order valence-corrected chi connectivity index (χ4v) is 2.87. The molecule has 1 amide bonds. The van der Waals surface area contributed by atoms with Crippen molar-refractivity contribution >= 4 is 17.7 Å². The minimum Gasteiger partial charge on any atom is -0.461 e. The van der Waals surface area contributed by atoms with E-state index >= 15 is 0 Å². The minimum absolute atomic E-state index is 0.0124. The molecule has 0 aliphatic heterocycles. The Kier molecular flexibility index (Phi) is 7.87. The molecule has 25 heavy (non-hydrogen) atoms. The number of nitrogens with one attached hydrogen (secondary N) is 1. The molecule has 0 spiro atoms. The number of ketones is 1. The second-order valence-electron chi connectivity index (χ2n) is 6.68. The number of aromatic nitrogens is 1. The lowest BCUT2D eigenvalue weighted by Gasteiger charge is -2.22. The molecular formula is C19H30N2O4. The van der Waals surface area contributed by atoms with Crippen molar-refractivity contribution in [1.29, 1.82) is 0 Å². The Balaban J connectivity index is 3.01. The maximum absolute atomic E-state index is 12.8. The first kappa shape index (κ1) is 20.9. The number of amides is 1. The molecular weight excluding hydrogens is 320 g/mol. The Bertz CT molecular complexity index is 632. The third-order valence-electron chi connectivity index (χ3n) is 3.96. The van der Waals surface area contributed by atoms with Crippen LogP contribution in [0.15, 0.2) is 0 Å². The quantitative estimate of drug-likeness (QED) is 0.547. The fourth-order valence-electron chi connectivity index (χ4n) is 2.87. The van der Waals surface area contributed by atoms with Crippen molar-refractivity contribution in [3.05, 3.63) is 22.5 Å². The molecule has 1 aromatic heterocycles. The number of esters is 1. The van der Waals surface area contributed by atoms with E-state index in [0.717, 1.165) is 6.42 Å². The highest BCUT2D eigenvalue weighted by molar-refractivity contribution is 6.04. The molecule has 1 heterocycles. The lowest BCUT2D eigenvalue weighted by molar-refractivity contribution is -0.131. The van der Waals surface area contributed by atoms with Gasteiger partial charge in [-0.25, -0.2) is 4.79 Å². The van der Waals surface area contributed by atoms with Crippen LogP contribution in [0.3, 0.4) is 0 Å². The van der Waals surface area contributed by atoms with Gasteiger partial charge in [-0.2, -0.15) is 0 Å². The summed E-state index contributed by atoms with van der Waals surface area (Å²) in [5.41, 5.74) is 1.98. The summed E-state index contributed by atoms with van der Waals surface area (Å²) in [6, 6.07) is 0. The van der Waals surface area contributed by atoms with Gasteiger partial charge in [-0.05, 0) is 38.7 Å². The molecule has 0 bridgehead atoms. The van der Waals surface area contributed by atoms with Gasteiger partial charge in [0.2, 0.25) is 5.91 Å². The molecule has 0 aliphatic carbocycles. The predicted octanol–water partition coefficient (Wildman–Crippen LogP) is 3.28. The summed E-state index contributed by atoms with van der Waals surface area (Å²) in [6.45, 7) is 12.0. The van der Waals surface area contributed by atoms with Crippen molar-refractivity contribution in [2.24, 2.45) is 5.92 Å². The molecule has 1 aromatic rings. The molecule has 0 saturated heterocycles. The highest BCUT2D eigenvalue weighted by atomic mass is 16.5. The second-order valence-corrected chi connectivity index (χ2v) is 6.68. The van der Waals surface area contributed by atoms with Crippen LogP contribution < -0.4 is 0 Å². The number of aryl methyl sites for hydroxylation is 1. The molecule has 0 radical (unpaired) electrons. The van der Waals surface area contributed by atoms with E-state index in [1.165, 1.54) is 0 Å². The van der Waals surface area contributed by atoms with Crippen molar-refractivity contribution in [3.8, 4) is 0 Å². The van der Waals surface area contributed by atoms with E-state index in [2.05, 4.69) is 4.98 Å². The van der Waals surface area contributed by atoms with Gasteiger partial charge in [0.05, 0.1) is 13.2 Å². The maximum atomic E-state index is 12.8. The van der Waals surface area contributed by atoms with Gasteiger partial charge in [0.25, 0.3) is 0 Å². The number of ether oxygens (including phenoxy) is 1. The van der Waals surface area contributed by atoms with Crippen molar-refractivity contribution < 1.29 is 19.1 Å². The Hall–Kier alpha value is -2.11. The van der Waals surface area contributed by atoms with Crippen LogP contribution in [0.5, 0.6) is 0 Å². The zero-order chi connectivity index (χ0) is 19.1. The molecule has 0 aliphatic rings. The maximum Gasteiger partial charge on any atom is 0.355 e. The molecule has 0 unspecified atom stereocenters. The zero-order valence-corrected chi connectivity index (χ0v) is 16.2. The van der Waals surface area contributed by atoms with Crippen LogP contribution in [0.2, 0.25) is 0 Å². The van der Waals surface area contributed by atoms with Gasteiger partial charge in [0, 0.05) is 24.2 Å². The number of rotatable bonds is 9. The predicted molar refractivity (Wildman–Crippen MR) is 96.9 cm³/mol. The van der Waals surface area contributed by atoms with E-state index in [4.69, 9.17) is 4.74 Å². The highest BCUT2D eigenvalue weighted by Crippen LogP contribution is 2.20. The summed E-state index contributed by atoms with van der Waals surface area (Å²) < 4.78 is 5.01. The van der Waals surface area contributed by atoms with E-state index in [0.29, 0.717) is 35.5 Å². The van der Waals surface area contributed by atoms with Gasteiger partial charge >= 0.3 is 5.97 Å². The number of carbonyl (C=O) groups is 3. The number of hydrogen-bond acceptors (Lipinski definition) is 4. The van der Waals surface area contributed by atoms with E-state index < -0.39 is 5.97 Å². The smallest absolute Gasteiger partial charge is 0.355 e. The van der Waals surface area contributed by atoms with Crippen LogP contribution in [0.25, 0.3) is 0 Å². The van der Waals surface area contributed by atoms with E-state index in [-0.39, 0.29) is 30.8 Å². The Morgan fingerprint density at radius 2 is 1.80 bits per heavy atom. The highest BCUT2D eigenvalue weighted by Gasteiger charge is 2.25. The van der Waals surface area contributed by atoms with Crippen LogP contribution in [0.1, 0.15) is 72.6 Å². The summed E-state index contributed by atoms with van der Waals surface area (Å²) >= 11 is 0. The van der Waals surface area contributed by atoms with Crippen LogP contribution in [-0.4, -0.2) is 47.2 Å². The lowest BCUT2D eigenvalue weighted by Crippen LogP contribution is -2.37. The van der Waals surface area contributed by atoms with Gasteiger partial charge in [-0.1, -0.05) is 20.8 Å². The standard InChI is InChI=1S/C19H30N2O4/c1-7-9-21(16(23)10-12(3)4)11-15(22)17-13(5)18(20-14(17)6)19(24)25-8-2/h12,20H,7-11H2,1-6H3. The minimum atomic E-state index is -0.469. The first-order valence-corrected chi connectivity index (χ1v) is 8.90. The van der Waals surface area contributed by atoms with E-state index in [1.54, 1.807) is 25.7 Å². The fraction of sp³-hybridized carbons (Fsp3) is 0.632. The second kappa shape index (κ2) is 9.39. The summed E-state index contributed by atoms with van der Waals surface area (Å²) in [7, 11) is 0. The summed E-state index contributed by atoms with van der Waals surface area (Å²) in [5.74, 6) is -0.398. The average Bonchev–Trinajstić information content (AvgIpc) is 2.81. The van der Waals surface area contributed by atoms with Gasteiger partial charge < -0.3 is 14.6 Å². The normalized spacial score (nSPS) is 10.8. The molecule has 6 heteroatoms. The molecule has 0 aromatic carbocycles. The number of H-pyrrole nitrogens is 1. The summed E-state index contributed by atoms with van der Waals surface area (Å²) in [6.07, 6.45) is 1.21. The Morgan fingerprint density at radius 1 is 1.16 bits per heavy atom. The topological polar surface area (TPSA) is 79.5 Å². The van der Waals surface area contributed by atoms with Gasteiger partial charge in [0.1, 0.15) is 5.69 Å². The number of aromatic amines is 1. The lowest BCUT2D eigenvalue weighted by atomic mass is 10.0. The van der Waals surface area contributed by atoms with E-state index in [9.17, 15) is 14.4 Å². The van der Waals surface area contributed by atoms with Crippen molar-refractivity contribution in [2.75, 3.05) is 19.7 Å². The molecule has 1 rings (SSSR count). The summed E-state index contributed by atoms with van der Waals surface area (Å²) in [4.78, 5) is 41.7. The van der Waals surface area contributed by atoms with Crippen molar-refractivity contribution in [1.82, 2.24) is 9.88 Å². The van der Waals surface area contributed by atoms with Crippen LogP contribution in [-0.2, 0) is 9.53 Å². The zero-order valence-electron chi connectivity index (χ0n) is 16.2. The molecule has 0 fully saturated rings. The van der Waals surface area contributed by atoms with Crippen molar-refractivity contribution in [3.63, 3.8) is 0 Å². The number of hydrogen-bond donors (Lipinski definition) is 1. The summed E-state index contributed by atoms with van der Waals surface area (Å²) in [5, 5.41) is 0. The monoisotopic (exact) mass is 350 g/mol. The Morgan fingerprint density at radius 3 is 2.32 bits per heavy atom. The molecule has 1 N–H and O–H groups in total. The third-order valence-corrected chi connectivity index (χ3v) is 3.96. The Labute approximate surface area is 149 Å². The number of carbonyl (C=O) groups excluding carboxylic acids is 3. The van der Waals surface area contributed by atoms with Crippen molar-refractivity contribution in [2.45, 2.75) is 54.4 Å². The first-order valence-electron chi connectivity index (χ1n) is 8.90.